The monoisotopic (exact) mass is 287 g/mol. The van der Waals surface area contributed by atoms with Gasteiger partial charge in [-0.3, -0.25) is 0 Å². The Kier molecular flexibility index (Phi) is 3.43. The predicted molar refractivity (Wildman–Crippen MR) is 79.1 cm³/mol. The van der Waals surface area contributed by atoms with Gasteiger partial charge in [0.1, 0.15) is 18.3 Å². The molecule has 6 heteroatoms. The number of rotatable bonds is 4. The molecule has 0 saturated heterocycles. The van der Waals surface area contributed by atoms with Gasteiger partial charge in [0.05, 0.1) is 17.3 Å². The predicted octanol–water partition coefficient (Wildman–Crippen LogP) is 2.87. The van der Waals surface area contributed by atoms with E-state index in [0.29, 0.717) is 11.6 Å². The van der Waals surface area contributed by atoms with Gasteiger partial charge in [-0.15, -0.1) is 0 Å². The zero-order valence-electron chi connectivity index (χ0n) is 11.0. The van der Waals surface area contributed by atoms with E-state index in [2.05, 4.69) is 26.0 Å². The number of aromatic nitrogens is 4. The number of anilines is 1. The van der Waals surface area contributed by atoms with Crippen LogP contribution in [-0.2, 0) is 13.6 Å². The molecule has 0 aliphatic carbocycles. The van der Waals surface area contributed by atoms with Crippen LogP contribution >= 0.6 is 11.6 Å². The molecule has 0 atom stereocenters. The molecule has 2 heterocycles. The van der Waals surface area contributed by atoms with E-state index in [9.17, 15) is 0 Å². The number of halogens is 1. The highest BCUT2D eigenvalue weighted by atomic mass is 35.5. The van der Waals surface area contributed by atoms with E-state index in [1.807, 2.05) is 37.5 Å². The summed E-state index contributed by atoms with van der Waals surface area (Å²) in [6, 6.07) is 9.83. The molecule has 0 aliphatic heterocycles. The van der Waals surface area contributed by atoms with E-state index in [-0.39, 0.29) is 0 Å². The van der Waals surface area contributed by atoms with Crippen LogP contribution in [0.5, 0.6) is 0 Å². The summed E-state index contributed by atoms with van der Waals surface area (Å²) >= 11 is 6.28. The summed E-state index contributed by atoms with van der Waals surface area (Å²) in [7, 11) is 2.02. The van der Waals surface area contributed by atoms with Crippen LogP contribution in [0.4, 0.5) is 5.69 Å². The summed E-state index contributed by atoms with van der Waals surface area (Å²) in [5.41, 5.74) is 2.92. The van der Waals surface area contributed by atoms with E-state index in [0.717, 1.165) is 11.4 Å². The minimum atomic E-state index is 0.632. The van der Waals surface area contributed by atoms with Gasteiger partial charge in [-0.05, 0) is 24.3 Å². The average Bonchev–Trinajstić information content (AvgIpc) is 3.08. The Morgan fingerprint density at radius 1 is 1.25 bits per heavy atom. The van der Waals surface area contributed by atoms with Crippen molar-refractivity contribution in [1.82, 2.24) is 19.3 Å². The number of benzene rings is 1. The zero-order valence-corrected chi connectivity index (χ0v) is 11.7. The number of nitrogens with one attached hydrogen (secondary N) is 1. The van der Waals surface area contributed by atoms with Gasteiger partial charge in [-0.25, -0.2) is 9.67 Å². The summed E-state index contributed by atoms with van der Waals surface area (Å²) < 4.78 is 3.74. The number of aryl methyl sites for hydroxylation is 1. The van der Waals surface area contributed by atoms with Crippen LogP contribution in [-0.4, -0.2) is 19.3 Å². The third-order valence-corrected chi connectivity index (χ3v) is 3.45. The molecule has 1 aromatic carbocycles. The van der Waals surface area contributed by atoms with E-state index in [4.69, 9.17) is 11.6 Å². The van der Waals surface area contributed by atoms with E-state index < -0.39 is 0 Å². The molecule has 0 aliphatic rings. The lowest BCUT2D eigenvalue weighted by molar-refractivity contribution is 0.837. The quantitative estimate of drug-likeness (QED) is 0.803. The highest BCUT2D eigenvalue weighted by Gasteiger charge is 2.10. The average molecular weight is 288 g/mol. The molecule has 3 aromatic rings. The third-order valence-electron chi connectivity index (χ3n) is 3.15. The number of para-hydroxylation sites is 1. The first kappa shape index (κ1) is 12.7. The van der Waals surface area contributed by atoms with Crippen molar-refractivity contribution in [3.8, 4) is 5.69 Å². The van der Waals surface area contributed by atoms with Gasteiger partial charge < -0.3 is 9.88 Å². The summed E-state index contributed by atoms with van der Waals surface area (Å²) in [6.45, 7) is 0.714. The van der Waals surface area contributed by atoms with Gasteiger partial charge in [-0.1, -0.05) is 17.7 Å². The molecule has 102 valence electrons. The van der Waals surface area contributed by atoms with Crippen molar-refractivity contribution >= 4 is 17.3 Å². The summed E-state index contributed by atoms with van der Waals surface area (Å²) in [5.74, 6) is 0. The van der Waals surface area contributed by atoms with Crippen molar-refractivity contribution in [2.45, 2.75) is 6.54 Å². The lowest BCUT2D eigenvalue weighted by Crippen LogP contribution is -2.07. The third kappa shape index (κ3) is 2.40. The van der Waals surface area contributed by atoms with Crippen molar-refractivity contribution in [2.24, 2.45) is 7.05 Å². The molecule has 0 bridgehead atoms. The van der Waals surface area contributed by atoms with Crippen LogP contribution in [0.15, 0.2) is 49.2 Å². The summed E-state index contributed by atoms with van der Waals surface area (Å²) in [5, 5.41) is 8.17. The van der Waals surface area contributed by atoms with Gasteiger partial charge in [0, 0.05) is 18.9 Å². The van der Waals surface area contributed by atoms with Crippen molar-refractivity contribution in [3.63, 3.8) is 0 Å². The molecular weight excluding hydrogens is 274 g/mol. The molecule has 0 saturated carbocycles. The molecule has 2 aromatic heterocycles. The normalized spacial score (nSPS) is 10.7. The SMILES string of the molecule is Cn1cccc1CNc1cccc(Cl)c1-n1cncn1. The minimum Gasteiger partial charge on any atom is -0.378 e. The van der Waals surface area contributed by atoms with Gasteiger partial charge in [-0.2, -0.15) is 5.10 Å². The van der Waals surface area contributed by atoms with Crippen LogP contribution < -0.4 is 5.32 Å². The molecule has 0 spiro atoms. The Bertz CT molecular complexity index is 702. The molecular formula is C14H14ClN5. The second kappa shape index (κ2) is 5.38. The highest BCUT2D eigenvalue weighted by Crippen LogP contribution is 2.28. The Morgan fingerprint density at radius 2 is 2.15 bits per heavy atom. The Morgan fingerprint density at radius 3 is 2.85 bits per heavy atom. The molecule has 0 unspecified atom stereocenters. The topological polar surface area (TPSA) is 47.7 Å². The zero-order chi connectivity index (χ0) is 13.9. The number of nitrogens with zero attached hydrogens (tertiary/aromatic N) is 4. The lowest BCUT2D eigenvalue weighted by atomic mass is 10.2. The standard InChI is InChI=1S/C14H14ClN5/c1-19-7-3-4-11(19)8-17-13-6-2-5-12(15)14(13)20-10-16-9-18-20/h2-7,9-10,17H,8H2,1H3. The van der Waals surface area contributed by atoms with Gasteiger partial charge in [0.2, 0.25) is 0 Å². The van der Waals surface area contributed by atoms with Crippen molar-refractivity contribution in [3.05, 3.63) is 59.9 Å². The first-order valence-corrected chi connectivity index (χ1v) is 6.61. The van der Waals surface area contributed by atoms with Crippen molar-refractivity contribution in [2.75, 3.05) is 5.32 Å². The Balaban J connectivity index is 1.90. The van der Waals surface area contributed by atoms with Crippen LogP contribution in [0.1, 0.15) is 5.69 Å². The maximum absolute atomic E-state index is 6.28. The molecule has 0 radical (unpaired) electrons. The number of hydrogen-bond donors (Lipinski definition) is 1. The van der Waals surface area contributed by atoms with Gasteiger partial charge in [0.15, 0.2) is 0 Å². The number of hydrogen-bond acceptors (Lipinski definition) is 3. The van der Waals surface area contributed by atoms with Gasteiger partial charge >= 0.3 is 0 Å². The van der Waals surface area contributed by atoms with Crippen LogP contribution in [0.25, 0.3) is 5.69 Å². The highest BCUT2D eigenvalue weighted by molar-refractivity contribution is 6.33. The maximum atomic E-state index is 6.28. The second-order valence-electron chi connectivity index (χ2n) is 4.44. The van der Waals surface area contributed by atoms with Crippen LogP contribution in [0, 0.1) is 0 Å². The van der Waals surface area contributed by atoms with Crippen molar-refractivity contribution in [1.29, 1.82) is 0 Å². The van der Waals surface area contributed by atoms with Crippen molar-refractivity contribution < 1.29 is 0 Å². The van der Waals surface area contributed by atoms with E-state index in [1.54, 1.807) is 11.0 Å². The lowest BCUT2D eigenvalue weighted by Gasteiger charge is -2.13. The largest absolute Gasteiger partial charge is 0.378 e. The van der Waals surface area contributed by atoms with Crippen LogP contribution in [0.2, 0.25) is 5.02 Å². The fourth-order valence-electron chi connectivity index (χ4n) is 2.08. The Hall–Kier alpha value is -2.27. The van der Waals surface area contributed by atoms with Gasteiger partial charge in [0.25, 0.3) is 0 Å². The minimum absolute atomic E-state index is 0.632. The maximum Gasteiger partial charge on any atom is 0.138 e. The molecule has 0 amide bonds. The first-order valence-electron chi connectivity index (χ1n) is 6.23. The summed E-state index contributed by atoms with van der Waals surface area (Å²) in [4.78, 5) is 3.97. The van der Waals surface area contributed by atoms with E-state index >= 15 is 0 Å². The van der Waals surface area contributed by atoms with Crippen LogP contribution in [0.3, 0.4) is 0 Å². The van der Waals surface area contributed by atoms with E-state index in [1.165, 1.54) is 12.0 Å². The molecule has 3 rings (SSSR count). The second-order valence-corrected chi connectivity index (χ2v) is 4.85. The first-order chi connectivity index (χ1) is 9.75. The summed E-state index contributed by atoms with van der Waals surface area (Å²) in [6.07, 6.45) is 5.15. The molecule has 1 N–H and O–H groups in total. The molecule has 5 nitrogen and oxygen atoms in total. The molecule has 20 heavy (non-hydrogen) atoms. The fraction of sp³-hybridized carbons (Fsp3) is 0.143. The smallest absolute Gasteiger partial charge is 0.138 e. The fourth-order valence-corrected chi connectivity index (χ4v) is 2.34. The molecule has 0 fully saturated rings. The Labute approximate surface area is 121 Å².